The first-order valence-corrected chi connectivity index (χ1v) is 8.09. The zero-order valence-electron chi connectivity index (χ0n) is 13.1. The molecule has 0 aromatic carbocycles. The first-order chi connectivity index (χ1) is 10.1. The summed E-state index contributed by atoms with van der Waals surface area (Å²) in [5.74, 6) is -0.148. The largest absolute Gasteiger partial charge is 0.477 e. The molecule has 1 atom stereocenters. The number of aliphatic hydroxyl groups is 1. The predicted molar refractivity (Wildman–Crippen MR) is 83.7 cm³/mol. The summed E-state index contributed by atoms with van der Waals surface area (Å²) >= 11 is 0. The SMILES string of the molecule is CCCCCCCCCCC1=NC=C[N+]1(CO)CC(=O)O. The summed E-state index contributed by atoms with van der Waals surface area (Å²) in [6, 6.07) is 0. The average molecular weight is 297 g/mol. The van der Waals surface area contributed by atoms with Crippen LogP contribution in [-0.2, 0) is 4.79 Å². The summed E-state index contributed by atoms with van der Waals surface area (Å²) in [5, 5.41) is 18.5. The molecule has 0 aliphatic carbocycles. The Labute approximate surface area is 127 Å². The number of amidine groups is 1. The lowest BCUT2D eigenvalue weighted by Crippen LogP contribution is -2.50. The Balaban J connectivity index is 2.23. The fraction of sp³-hybridized carbons (Fsp3) is 0.750. The van der Waals surface area contributed by atoms with Crippen molar-refractivity contribution < 1.29 is 19.5 Å². The molecule has 0 saturated carbocycles. The van der Waals surface area contributed by atoms with Gasteiger partial charge in [0.05, 0.1) is 6.20 Å². The van der Waals surface area contributed by atoms with Crippen LogP contribution in [0.5, 0.6) is 0 Å². The van der Waals surface area contributed by atoms with Crippen LogP contribution >= 0.6 is 0 Å². The van der Waals surface area contributed by atoms with Gasteiger partial charge in [0.1, 0.15) is 6.20 Å². The fourth-order valence-corrected chi connectivity index (χ4v) is 2.72. The van der Waals surface area contributed by atoms with Gasteiger partial charge in [-0.05, 0) is 6.42 Å². The van der Waals surface area contributed by atoms with E-state index in [0.29, 0.717) is 0 Å². The van der Waals surface area contributed by atoms with E-state index in [4.69, 9.17) is 5.11 Å². The van der Waals surface area contributed by atoms with Crippen LogP contribution in [0.4, 0.5) is 0 Å². The first kappa shape index (κ1) is 17.9. The lowest BCUT2D eigenvalue weighted by Gasteiger charge is -2.28. The van der Waals surface area contributed by atoms with Gasteiger partial charge in [-0.3, -0.25) is 0 Å². The third kappa shape index (κ3) is 5.98. The van der Waals surface area contributed by atoms with Gasteiger partial charge >= 0.3 is 5.97 Å². The maximum absolute atomic E-state index is 11.0. The Kier molecular flexibility index (Phi) is 8.23. The van der Waals surface area contributed by atoms with Gasteiger partial charge in [0, 0.05) is 6.42 Å². The van der Waals surface area contributed by atoms with E-state index < -0.39 is 5.97 Å². The number of nitrogens with zero attached hydrogens (tertiary/aromatic N) is 2. The van der Waals surface area contributed by atoms with E-state index in [-0.39, 0.29) is 17.8 Å². The molecule has 1 aliphatic rings. The lowest BCUT2D eigenvalue weighted by atomic mass is 10.1. The molecular formula is C16H29N2O3+. The van der Waals surface area contributed by atoms with E-state index in [1.54, 1.807) is 12.4 Å². The van der Waals surface area contributed by atoms with Crippen LogP contribution in [0.3, 0.4) is 0 Å². The van der Waals surface area contributed by atoms with Gasteiger partial charge in [0.25, 0.3) is 0 Å². The van der Waals surface area contributed by atoms with E-state index >= 15 is 0 Å². The molecule has 0 amide bonds. The minimum atomic E-state index is -0.917. The fourth-order valence-electron chi connectivity index (χ4n) is 2.72. The van der Waals surface area contributed by atoms with Gasteiger partial charge in [0.2, 0.25) is 5.84 Å². The highest BCUT2D eigenvalue weighted by atomic mass is 16.4. The van der Waals surface area contributed by atoms with Gasteiger partial charge in [-0.15, -0.1) is 0 Å². The molecule has 5 nitrogen and oxygen atoms in total. The highest BCUT2D eigenvalue weighted by molar-refractivity contribution is 5.81. The van der Waals surface area contributed by atoms with Gasteiger partial charge in [-0.2, -0.15) is 0 Å². The lowest BCUT2D eigenvalue weighted by molar-refractivity contribution is -0.802. The molecule has 0 bridgehead atoms. The first-order valence-electron chi connectivity index (χ1n) is 8.09. The molecule has 1 unspecified atom stereocenters. The van der Waals surface area contributed by atoms with Crippen molar-refractivity contribution in [1.29, 1.82) is 0 Å². The molecule has 2 N–H and O–H groups in total. The molecule has 5 heteroatoms. The number of aliphatic imine (C=N–C) groups is 1. The maximum Gasteiger partial charge on any atom is 0.360 e. The van der Waals surface area contributed by atoms with Crippen molar-refractivity contribution in [1.82, 2.24) is 0 Å². The molecule has 1 heterocycles. The van der Waals surface area contributed by atoms with Crippen LogP contribution in [0.2, 0.25) is 0 Å². The molecule has 21 heavy (non-hydrogen) atoms. The van der Waals surface area contributed by atoms with E-state index in [9.17, 15) is 9.90 Å². The van der Waals surface area contributed by atoms with Crippen molar-refractivity contribution in [2.45, 2.75) is 64.7 Å². The van der Waals surface area contributed by atoms with Crippen LogP contribution in [0.15, 0.2) is 17.4 Å². The summed E-state index contributed by atoms with van der Waals surface area (Å²) in [7, 11) is 0. The van der Waals surface area contributed by atoms with Crippen molar-refractivity contribution in [3.63, 3.8) is 0 Å². The van der Waals surface area contributed by atoms with Crippen LogP contribution in [0, 0.1) is 0 Å². The molecule has 0 spiro atoms. The van der Waals surface area contributed by atoms with E-state index in [0.717, 1.165) is 25.1 Å². The molecule has 0 radical (unpaired) electrons. The Morgan fingerprint density at radius 1 is 1.14 bits per heavy atom. The third-order valence-electron chi connectivity index (χ3n) is 4.01. The minimum Gasteiger partial charge on any atom is -0.477 e. The number of aliphatic hydroxyl groups excluding tert-OH is 1. The van der Waals surface area contributed by atoms with Crippen LogP contribution in [0.1, 0.15) is 64.7 Å². The van der Waals surface area contributed by atoms with Gasteiger partial charge in [0.15, 0.2) is 13.3 Å². The normalized spacial score (nSPS) is 20.8. The summed E-state index contributed by atoms with van der Waals surface area (Å²) in [4.78, 5) is 15.2. The number of quaternary nitrogens is 1. The van der Waals surface area contributed by atoms with Crippen LogP contribution in [-0.4, -0.2) is 39.8 Å². The van der Waals surface area contributed by atoms with E-state index in [1.807, 2.05) is 0 Å². The molecule has 120 valence electrons. The topological polar surface area (TPSA) is 69.9 Å². The van der Waals surface area contributed by atoms with Crippen molar-refractivity contribution in [3.8, 4) is 0 Å². The van der Waals surface area contributed by atoms with Gasteiger partial charge in [-0.25, -0.2) is 14.3 Å². The maximum atomic E-state index is 11.0. The highest BCUT2D eigenvalue weighted by Crippen LogP contribution is 2.20. The molecule has 0 aromatic heterocycles. The van der Waals surface area contributed by atoms with Crippen molar-refractivity contribution in [2.24, 2.45) is 4.99 Å². The molecule has 1 rings (SSSR count). The quantitative estimate of drug-likeness (QED) is 0.429. The standard InChI is InChI=1S/C16H28N2O3/c1-2-3-4-5-6-7-8-9-10-15-17-11-12-18(15,14-19)13-16(20)21/h11-12,19H,2-10,13-14H2,1H3/p+1. The summed E-state index contributed by atoms with van der Waals surface area (Å²) < 4.78 is -0.0359. The number of hydrogen-bond donors (Lipinski definition) is 2. The molecule has 0 aromatic rings. The number of carboxylic acid groups (broad SMARTS) is 1. The zero-order valence-corrected chi connectivity index (χ0v) is 13.1. The second-order valence-corrected chi connectivity index (χ2v) is 5.80. The van der Waals surface area contributed by atoms with E-state index in [2.05, 4.69) is 11.9 Å². The Morgan fingerprint density at radius 2 is 1.76 bits per heavy atom. The van der Waals surface area contributed by atoms with Crippen molar-refractivity contribution in [3.05, 3.63) is 12.4 Å². The van der Waals surface area contributed by atoms with Crippen molar-refractivity contribution in [2.75, 3.05) is 13.3 Å². The number of aliphatic carboxylic acids is 1. The van der Waals surface area contributed by atoms with Crippen LogP contribution < -0.4 is 0 Å². The van der Waals surface area contributed by atoms with Gasteiger partial charge in [-0.1, -0.05) is 51.9 Å². The molecule has 0 fully saturated rings. The third-order valence-corrected chi connectivity index (χ3v) is 4.01. The Morgan fingerprint density at radius 3 is 2.33 bits per heavy atom. The number of unbranched alkanes of at least 4 members (excludes halogenated alkanes) is 7. The number of carbonyl (C=O) groups is 1. The Bertz CT molecular complexity index is 380. The number of rotatable bonds is 12. The van der Waals surface area contributed by atoms with Crippen molar-refractivity contribution >= 4 is 11.8 Å². The number of hydrogen-bond acceptors (Lipinski definition) is 3. The summed E-state index contributed by atoms with van der Waals surface area (Å²) in [5.41, 5.74) is 0. The molecule has 1 aliphatic heterocycles. The highest BCUT2D eigenvalue weighted by Gasteiger charge is 2.36. The molecular weight excluding hydrogens is 268 g/mol. The average Bonchev–Trinajstić information content (AvgIpc) is 2.84. The smallest absolute Gasteiger partial charge is 0.360 e. The zero-order chi connectivity index (χ0) is 15.6. The second-order valence-electron chi connectivity index (χ2n) is 5.80. The summed E-state index contributed by atoms with van der Waals surface area (Å²) in [6.45, 7) is 1.85. The van der Waals surface area contributed by atoms with Gasteiger partial charge < -0.3 is 10.2 Å². The van der Waals surface area contributed by atoms with Crippen LogP contribution in [0.25, 0.3) is 0 Å². The summed E-state index contributed by atoms with van der Waals surface area (Å²) in [6.07, 6.45) is 13.9. The predicted octanol–water partition coefficient (Wildman–Crippen LogP) is 3.25. The van der Waals surface area contributed by atoms with E-state index in [1.165, 1.54) is 38.5 Å². The minimum absolute atomic E-state index is 0.0359. The number of carboxylic acids is 1. The molecule has 0 saturated heterocycles. The monoisotopic (exact) mass is 297 g/mol. The second kappa shape index (κ2) is 9.68. The Hall–Kier alpha value is -1.20.